The molecule has 0 atom stereocenters. The highest BCUT2D eigenvalue weighted by Gasteiger charge is 1.81. The standard InChI is InChI=1S/C3H4Cl2O/c4-1-3(5)2-6/h2,6H,1H2/b3-2-. The van der Waals surface area contributed by atoms with Gasteiger partial charge in [-0.25, -0.2) is 0 Å². The van der Waals surface area contributed by atoms with Crippen molar-refractivity contribution in [3.8, 4) is 0 Å². The molecule has 0 amide bonds. The van der Waals surface area contributed by atoms with Crippen molar-refractivity contribution in [2.24, 2.45) is 0 Å². The van der Waals surface area contributed by atoms with Crippen LogP contribution in [-0.4, -0.2) is 11.0 Å². The van der Waals surface area contributed by atoms with E-state index < -0.39 is 0 Å². The minimum absolute atomic E-state index is 0.179. The Bertz CT molecular complexity index is 59.8. The van der Waals surface area contributed by atoms with E-state index in [1.54, 1.807) is 0 Å². The normalized spacial score (nSPS) is 12.0. The fraction of sp³-hybridized carbons (Fsp3) is 0.333. The average molecular weight is 127 g/mol. The third kappa shape index (κ3) is 2.36. The second-order valence-corrected chi connectivity index (χ2v) is 1.46. The highest BCUT2D eigenvalue weighted by molar-refractivity contribution is 6.35. The predicted molar refractivity (Wildman–Crippen MR) is 27.3 cm³/mol. The van der Waals surface area contributed by atoms with Gasteiger partial charge in [-0.2, -0.15) is 0 Å². The van der Waals surface area contributed by atoms with E-state index in [4.69, 9.17) is 28.3 Å². The van der Waals surface area contributed by atoms with Crippen molar-refractivity contribution in [1.29, 1.82) is 0 Å². The molecule has 0 bridgehead atoms. The molecule has 0 aliphatic heterocycles. The highest BCUT2D eigenvalue weighted by Crippen LogP contribution is 1.99. The molecular formula is C3H4Cl2O. The molecule has 0 saturated carbocycles. The van der Waals surface area contributed by atoms with Gasteiger partial charge in [0.1, 0.15) is 0 Å². The maximum absolute atomic E-state index is 7.96. The van der Waals surface area contributed by atoms with Crippen LogP contribution in [-0.2, 0) is 0 Å². The van der Waals surface area contributed by atoms with Crippen molar-refractivity contribution in [3.05, 3.63) is 11.3 Å². The van der Waals surface area contributed by atoms with E-state index >= 15 is 0 Å². The monoisotopic (exact) mass is 126 g/mol. The third-order valence-corrected chi connectivity index (χ3v) is 0.924. The molecule has 6 heavy (non-hydrogen) atoms. The van der Waals surface area contributed by atoms with Crippen LogP contribution >= 0.6 is 23.2 Å². The second kappa shape index (κ2) is 3.32. The molecule has 0 fully saturated rings. The van der Waals surface area contributed by atoms with E-state index in [0.717, 1.165) is 6.26 Å². The van der Waals surface area contributed by atoms with Crippen LogP contribution in [0.4, 0.5) is 0 Å². The van der Waals surface area contributed by atoms with Gasteiger partial charge in [-0.15, -0.1) is 11.6 Å². The van der Waals surface area contributed by atoms with Crippen molar-refractivity contribution in [3.63, 3.8) is 0 Å². The fourth-order valence-electron chi connectivity index (χ4n) is 0.0345. The molecule has 0 unspecified atom stereocenters. The summed E-state index contributed by atoms with van der Waals surface area (Å²) in [6.45, 7) is 0. The van der Waals surface area contributed by atoms with Crippen molar-refractivity contribution >= 4 is 23.2 Å². The molecule has 0 radical (unpaired) electrons. The van der Waals surface area contributed by atoms with E-state index in [-0.39, 0.29) is 10.9 Å². The quantitative estimate of drug-likeness (QED) is 0.421. The van der Waals surface area contributed by atoms with E-state index in [0.29, 0.717) is 0 Å². The van der Waals surface area contributed by atoms with E-state index in [9.17, 15) is 0 Å². The minimum Gasteiger partial charge on any atom is -0.514 e. The van der Waals surface area contributed by atoms with Crippen molar-refractivity contribution < 1.29 is 5.11 Å². The Kier molecular flexibility index (Phi) is 3.38. The van der Waals surface area contributed by atoms with Crippen LogP contribution in [0.2, 0.25) is 0 Å². The number of aliphatic hydroxyl groups is 1. The average Bonchev–Trinajstić information content (AvgIpc) is 1.65. The number of hydrogen-bond acceptors (Lipinski definition) is 1. The molecule has 1 nitrogen and oxygen atoms in total. The number of halogens is 2. The summed E-state index contributed by atoms with van der Waals surface area (Å²) < 4.78 is 0. The number of aliphatic hydroxyl groups excluding tert-OH is 1. The van der Waals surface area contributed by atoms with Gasteiger partial charge in [0.05, 0.1) is 17.2 Å². The largest absolute Gasteiger partial charge is 0.514 e. The van der Waals surface area contributed by atoms with Crippen molar-refractivity contribution in [1.82, 2.24) is 0 Å². The van der Waals surface area contributed by atoms with Crippen LogP contribution in [0, 0.1) is 0 Å². The maximum atomic E-state index is 7.96. The minimum atomic E-state index is 0.179. The SMILES string of the molecule is O/C=C(\Cl)CCl. The number of allylic oxidation sites excluding steroid dienone is 1. The van der Waals surface area contributed by atoms with Crippen LogP contribution < -0.4 is 0 Å². The molecule has 0 aromatic carbocycles. The van der Waals surface area contributed by atoms with E-state index in [2.05, 4.69) is 0 Å². The van der Waals surface area contributed by atoms with Gasteiger partial charge in [0.2, 0.25) is 0 Å². The lowest BCUT2D eigenvalue weighted by atomic mass is 10.7. The number of rotatable bonds is 1. The Morgan fingerprint density at radius 2 is 2.33 bits per heavy atom. The lowest BCUT2D eigenvalue weighted by molar-refractivity contribution is 0.471. The van der Waals surface area contributed by atoms with Gasteiger partial charge in [0, 0.05) is 0 Å². The molecule has 0 aliphatic rings. The Labute approximate surface area is 46.2 Å². The molecule has 0 aliphatic carbocycles. The molecule has 0 aromatic heterocycles. The first kappa shape index (κ1) is 6.12. The van der Waals surface area contributed by atoms with Gasteiger partial charge in [-0.3, -0.25) is 0 Å². The molecule has 0 rings (SSSR count). The fourth-order valence-corrected chi connectivity index (χ4v) is 0.104. The summed E-state index contributed by atoms with van der Waals surface area (Å²) in [6.07, 6.45) is 0.772. The first-order chi connectivity index (χ1) is 2.81. The lowest BCUT2D eigenvalue weighted by Gasteiger charge is -1.78. The summed E-state index contributed by atoms with van der Waals surface area (Å²) >= 11 is 10.2. The van der Waals surface area contributed by atoms with Crippen molar-refractivity contribution in [2.45, 2.75) is 0 Å². The van der Waals surface area contributed by atoms with Crippen LogP contribution in [0.15, 0.2) is 11.3 Å². The lowest BCUT2D eigenvalue weighted by Crippen LogP contribution is -1.67. The Morgan fingerprint density at radius 3 is 2.33 bits per heavy atom. The van der Waals surface area contributed by atoms with Crippen LogP contribution in [0.5, 0.6) is 0 Å². The summed E-state index contributed by atoms with van der Waals surface area (Å²) in [5, 5.41) is 8.22. The Balaban J connectivity index is 3.22. The molecule has 3 heteroatoms. The first-order valence-electron chi connectivity index (χ1n) is 1.36. The zero-order valence-electron chi connectivity index (χ0n) is 2.99. The van der Waals surface area contributed by atoms with Gasteiger partial charge in [-0.1, -0.05) is 11.6 Å². The van der Waals surface area contributed by atoms with Gasteiger partial charge in [0.15, 0.2) is 0 Å². The van der Waals surface area contributed by atoms with Gasteiger partial charge in [-0.05, 0) is 0 Å². The number of alkyl halides is 1. The zero-order valence-corrected chi connectivity index (χ0v) is 4.50. The zero-order chi connectivity index (χ0) is 4.99. The Hall–Kier alpha value is 0.120. The summed E-state index contributed by atoms with van der Waals surface area (Å²) in [5.74, 6) is 0.179. The van der Waals surface area contributed by atoms with Crippen LogP contribution in [0.1, 0.15) is 0 Å². The van der Waals surface area contributed by atoms with Gasteiger partial charge >= 0.3 is 0 Å². The molecule has 1 N–H and O–H groups in total. The maximum Gasteiger partial charge on any atom is 0.0949 e. The van der Waals surface area contributed by atoms with Gasteiger partial charge in [0.25, 0.3) is 0 Å². The van der Waals surface area contributed by atoms with E-state index in [1.807, 2.05) is 0 Å². The van der Waals surface area contributed by atoms with Crippen molar-refractivity contribution in [2.75, 3.05) is 5.88 Å². The second-order valence-electron chi connectivity index (χ2n) is 0.710. The smallest absolute Gasteiger partial charge is 0.0949 e. The molecule has 36 valence electrons. The third-order valence-electron chi connectivity index (χ3n) is 0.268. The molecule has 0 heterocycles. The summed E-state index contributed by atoms with van der Waals surface area (Å²) in [7, 11) is 0. The van der Waals surface area contributed by atoms with Crippen LogP contribution in [0.3, 0.4) is 0 Å². The summed E-state index contributed by atoms with van der Waals surface area (Å²) in [6, 6.07) is 0. The topological polar surface area (TPSA) is 20.2 Å². The first-order valence-corrected chi connectivity index (χ1v) is 2.27. The Morgan fingerprint density at radius 1 is 1.83 bits per heavy atom. The molecule has 0 aromatic rings. The summed E-state index contributed by atoms with van der Waals surface area (Å²) in [4.78, 5) is 0. The molecule has 0 saturated heterocycles. The number of hydrogen-bond donors (Lipinski definition) is 1. The molecular weight excluding hydrogens is 123 g/mol. The highest BCUT2D eigenvalue weighted by atomic mass is 35.5. The molecule has 0 spiro atoms. The van der Waals surface area contributed by atoms with Gasteiger partial charge < -0.3 is 5.11 Å². The predicted octanol–water partition coefficient (Wildman–Crippen LogP) is 1.86. The van der Waals surface area contributed by atoms with Crippen LogP contribution in [0.25, 0.3) is 0 Å². The van der Waals surface area contributed by atoms with E-state index in [1.165, 1.54) is 0 Å². The summed E-state index contributed by atoms with van der Waals surface area (Å²) in [5.41, 5.74) is 0.